The minimum absolute atomic E-state index is 0.0669. The van der Waals surface area contributed by atoms with Gasteiger partial charge in [-0.1, -0.05) is 0 Å². The number of rotatable bonds is 4. The molecule has 0 saturated carbocycles. The van der Waals surface area contributed by atoms with Crippen LogP contribution in [0.25, 0.3) is 0 Å². The van der Waals surface area contributed by atoms with Gasteiger partial charge in [-0.2, -0.15) is 0 Å². The molecule has 0 fully saturated rings. The molecule has 1 N–H and O–H groups in total. The molecular formula is C13H17NO5. The van der Waals surface area contributed by atoms with Gasteiger partial charge >= 0.3 is 11.9 Å². The van der Waals surface area contributed by atoms with Crippen molar-refractivity contribution in [2.75, 3.05) is 6.61 Å². The van der Waals surface area contributed by atoms with E-state index in [0.29, 0.717) is 0 Å². The topological polar surface area (TPSA) is 85.7 Å². The smallest absolute Gasteiger partial charge is 0.316 e. The van der Waals surface area contributed by atoms with Crippen LogP contribution in [0, 0.1) is 5.41 Å². The summed E-state index contributed by atoms with van der Waals surface area (Å²) in [4.78, 5) is 26.6. The van der Waals surface area contributed by atoms with E-state index in [1.807, 2.05) is 0 Å². The minimum atomic E-state index is -0.629. The van der Waals surface area contributed by atoms with Crippen LogP contribution in [0.1, 0.15) is 27.2 Å². The van der Waals surface area contributed by atoms with E-state index < -0.39 is 11.4 Å². The standard InChI is InChI=1S/C13H17NO5/c1-13(2,3)12(17)18-8-6-10(16)19-11-9(15)5-4-7-14-11/h4-5,7,15H,6,8H2,1-3H3. The zero-order valence-corrected chi connectivity index (χ0v) is 11.2. The van der Waals surface area contributed by atoms with E-state index in [0.717, 1.165) is 0 Å². The second-order valence-corrected chi connectivity index (χ2v) is 4.94. The van der Waals surface area contributed by atoms with Gasteiger partial charge in [0.1, 0.15) is 6.61 Å². The van der Waals surface area contributed by atoms with E-state index >= 15 is 0 Å². The lowest BCUT2D eigenvalue weighted by Gasteiger charge is -2.16. The largest absolute Gasteiger partial charge is 0.503 e. The van der Waals surface area contributed by atoms with Gasteiger partial charge in [-0.05, 0) is 32.9 Å². The Balaban J connectivity index is 2.37. The Hall–Kier alpha value is -2.11. The molecule has 0 bridgehead atoms. The molecule has 0 spiro atoms. The van der Waals surface area contributed by atoms with Crippen LogP contribution < -0.4 is 4.74 Å². The maximum Gasteiger partial charge on any atom is 0.316 e. The molecule has 1 aromatic rings. The van der Waals surface area contributed by atoms with Crippen molar-refractivity contribution in [3.05, 3.63) is 18.3 Å². The lowest BCUT2D eigenvalue weighted by molar-refractivity contribution is -0.154. The van der Waals surface area contributed by atoms with Crippen LogP contribution in [0.5, 0.6) is 11.6 Å². The molecule has 6 heteroatoms. The van der Waals surface area contributed by atoms with Crippen LogP contribution in [0.4, 0.5) is 0 Å². The highest BCUT2D eigenvalue weighted by molar-refractivity contribution is 5.76. The van der Waals surface area contributed by atoms with E-state index in [4.69, 9.17) is 9.47 Å². The molecule has 0 aromatic carbocycles. The molecule has 0 aliphatic carbocycles. The number of pyridine rings is 1. The van der Waals surface area contributed by atoms with Gasteiger partial charge in [-0.25, -0.2) is 4.98 Å². The number of aromatic hydroxyl groups is 1. The van der Waals surface area contributed by atoms with Crippen molar-refractivity contribution in [2.24, 2.45) is 5.41 Å². The molecule has 0 aliphatic heterocycles. The van der Waals surface area contributed by atoms with Crippen molar-refractivity contribution < 1.29 is 24.2 Å². The predicted octanol–water partition coefficient (Wildman–Crippen LogP) is 1.67. The summed E-state index contributed by atoms with van der Waals surface area (Å²) in [5.41, 5.74) is -0.608. The van der Waals surface area contributed by atoms with Gasteiger partial charge in [-0.3, -0.25) is 9.59 Å². The molecule has 0 unspecified atom stereocenters. The number of carbonyl (C=O) groups excluding carboxylic acids is 2. The van der Waals surface area contributed by atoms with Crippen LogP contribution in [-0.2, 0) is 14.3 Å². The van der Waals surface area contributed by atoms with Gasteiger partial charge in [-0.15, -0.1) is 0 Å². The van der Waals surface area contributed by atoms with Crippen LogP contribution in [0.3, 0.4) is 0 Å². The monoisotopic (exact) mass is 267 g/mol. The number of nitrogens with zero attached hydrogens (tertiary/aromatic N) is 1. The van der Waals surface area contributed by atoms with Crippen LogP contribution >= 0.6 is 0 Å². The number of hydrogen-bond acceptors (Lipinski definition) is 6. The number of aromatic nitrogens is 1. The number of ether oxygens (including phenoxy) is 2. The Labute approximate surface area is 111 Å². The highest BCUT2D eigenvalue weighted by Gasteiger charge is 2.23. The maximum atomic E-state index is 11.4. The highest BCUT2D eigenvalue weighted by atomic mass is 16.6. The fraction of sp³-hybridized carbons (Fsp3) is 0.462. The van der Waals surface area contributed by atoms with E-state index in [1.165, 1.54) is 18.3 Å². The Kier molecular flexibility index (Phi) is 4.86. The first-order valence-electron chi connectivity index (χ1n) is 5.82. The SMILES string of the molecule is CC(C)(C)C(=O)OCCC(=O)Oc1ncccc1O. The molecule has 0 radical (unpaired) electrons. The first-order chi connectivity index (χ1) is 8.80. The van der Waals surface area contributed by atoms with Gasteiger partial charge in [0.2, 0.25) is 0 Å². The Morgan fingerprint density at radius 2 is 2.05 bits per heavy atom. The summed E-state index contributed by atoms with van der Waals surface area (Å²) >= 11 is 0. The molecule has 19 heavy (non-hydrogen) atoms. The molecule has 104 valence electrons. The van der Waals surface area contributed by atoms with Gasteiger partial charge in [0.05, 0.1) is 11.8 Å². The molecule has 6 nitrogen and oxygen atoms in total. The van der Waals surface area contributed by atoms with E-state index in [9.17, 15) is 14.7 Å². The van der Waals surface area contributed by atoms with Gasteiger partial charge < -0.3 is 14.6 Å². The Morgan fingerprint density at radius 1 is 1.37 bits per heavy atom. The third-order valence-corrected chi connectivity index (χ3v) is 2.11. The van der Waals surface area contributed by atoms with Gasteiger partial charge in [0.25, 0.3) is 5.88 Å². The molecule has 0 aliphatic rings. The second kappa shape index (κ2) is 6.17. The second-order valence-electron chi connectivity index (χ2n) is 4.94. The average molecular weight is 267 g/mol. The predicted molar refractivity (Wildman–Crippen MR) is 66.6 cm³/mol. The quantitative estimate of drug-likeness (QED) is 0.835. The van der Waals surface area contributed by atoms with Crippen LogP contribution in [-0.4, -0.2) is 28.6 Å². The van der Waals surface area contributed by atoms with Crippen LogP contribution in [0.15, 0.2) is 18.3 Å². The lowest BCUT2D eigenvalue weighted by atomic mass is 9.97. The summed E-state index contributed by atoms with van der Waals surface area (Å²) in [6.07, 6.45) is 1.29. The normalized spacial score (nSPS) is 10.9. The average Bonchev–Trinajstić information content (AvgIpc) is 2.31. The molecule has 1 aromatic heterocycles. The Morgan fingerprint density at radius 3 is 2.63 bits per heavy atom. The minimum Gasteiger partial charge on any atom is -0.503 e. The van der Waals surface area contributed by atoms with Crippen molar-refractivity contribution in [2.45, 2.75) is 27.2 Å². The summed E-state index contributed by atoms with van der Waals surface area (Å²) in [5.74, 6) is -1.39. The zero-order valence-electron chi connectivity index (χ0n) is 11.2. The third kappa shape index (κ3) is 4.95. The fourth-order valence-electron chi connectivity index (χ4n) is 1.06. The summed E-state index contributed by atoms with van der Waals surface area (Å²) < 4.78 is 9.74. The molecule has 1 rings (SSSR count). The summed E-state index contributed by atoms with van der Waals surface area (Å²) in [5, 5.41) is 9.35. The van der Waals surface area contributed by atoms with Gasteiger partial charge in [0.15, 0.2) is 5.75 Å². The van der Waals surface area contributed by atoms with E-state index in [1.54, 1.807) is 20.8 Å². The van der Waals surface area contributed by atoms with Crippen molar-refractivity contribution in [1.82, 2.24) is 4.98 Å². The van der Waals surface area contributed by atoms with Crippen molar-refractivity contribution in [3.8, 4) is 11.6 Å². The molecule has 0 saturated heterocycles. The third-order valence-electron chi connectivity index (χ3n) is 2.11. The molecule has 0 atom stereocenters. The number of carbonyl (C=O) groups is 2. The number of hydrogen-bond donors (Lipinski definition) is 1. The molecule has 0 amide bonds. The number of esters is 2. The van der Waals surface area contributed by atoms with Crippen molar-refractivity contribution >= 4 is 11.9 Å². The van der Waals surface area contributed by atoms with E-state index in [-0.39, 0.29) is 30.6 Å². The summed E-state index contributed by atoms with van der Waals surface area (Å²) in [6.45, 7) is 5.10. The van der Waals surface area contributed by atoms with Crippen LogP contribution in [0.2, 0.25) is 0 Å². The maximum absolute atomic E-state index is 11.4. The summed E-state index contributed by atoms with van der Waals surface area (Å²) in [7, 11) is 0. The van der Waals surface area contributed by atoms with E-state index in [2.05, 4.69) is 4.98 Å². The molecule has 1 heterocycles. The van der Waals surface area contributed by atoms with Crippen molar-refractivity contribution in [3.63, 3.8) is 0 Å². The first-order valence-corrected chi connectivity index (χ1v) is 5.82. The Bertz CT molecular complexity index is 464. The fourth-order valence-corrected chi connectivity index (χ4v) is 1.06. The highest BCUT2D eigenvalue weighted by Crippen LogP contribution is 2.21. The van der Waals surface area contributed by atoms with Crippen molar-refractivity contribution in [1.29, 1.82) is 0 Å². The summed E-state index contributed by atoms with van der Waals surface area (Å²) in [6, 6.07) is 2.87. The zero-order chi connectivity index (χ0) is 14.5. The molecular weight excluding hydrogens is 250 g/mol. The lowest BCUT2D eigenvalue weighted by Crippen LogP contribution is -2.24. The first kappa shape index (κ1) is 14.9. The van der Waals surface area contributed by atoms with Gasteiger partial charge in [0, 0.05) is 6.20 Å².